The fourth-order valence-electron chi connectivity index (χ4n) is 0. The van der Waals surface area contributed by atoms with E-state index >= 15 is 0 Å². The lowest BCUT2D eigenvalue weighted by Crippen LogP contribution is -3.00. The zero-order valence-corrected chi connectivity index (χ0v) is 5.12. The van der Waals surface area contributed by atoms with Gasteiger partial charge in [-0.1, -0.05) is 0 Å². The molecule has 0 atom stereocenters. The van der Waals surface area contributed by atoms with Gasteiger partial charge in [0.05, 0.1) is 0 Å². The van der Waals surface area contributed by atoms with Crippen molar-refractivity contribution in [2.45, 2.75) is 0 Å². The summed E-state index contributed by atoms with van der Waals surface area (Å²) in [4.78, 5) is 0. The molecular weight excluding hydrogens is 130 g/mol. The SMILES string of the molecule is C=[N+](C)C.[Br-]. The minimum atomic E-state index is 0. The van der Waals surface area contributed by atoms with Gasteiger partial charge in [-0.15, -0.1) is 0 Å². The lowest BCUT2D eigenvalue weighted by atomic mass is 11.1. The highest BCUT2D eigenvalue weighted by Crippen LogP contribution is 1.30. The van der Waals surface area contributed by atoms with Crippen LogP contribution >= 0.6 is 0 Å². The van der Waals surface area contributed by atoms with Crippen LogP contribution in [0, 0.1) is 0 Å². The first kappa shape index (κ1) is 8.94. The Kier molecular flexibility index (Phi) is 7.42. The Labute approximate surface area is 43.1 Å². The smallest absolute Gasteiger partial charge is 0.131 e. The predicted molar refractivity (Wildman–Crippen MR) is 19.2 cm³/mol. The Morgan fingerprint density at radius 3 is 1.40 bits per heavy atom. The molecule has 0 heterocycles. The summed E-state index contributed by atoms with van der Waals surface area (Å²) in [6, 6.07) is 0. The maximum Gasteiger partial charge on any atom is 0.131 e. The fourth-order valence-corrected chi connectivity index (χ4v) is 0. The molecule has 0 aromatic heterocycles. The second kappa shape index (κ2) is 4.15. The molecule has 0 spiro atoms. The van der Waals surface area contributed by atoms with Crippen molar-refractivity contribution >= 4 is 6.72 Å². The van der Waals surface area contributed by atoms with E-state index in [-0.39, 0.29) is 17.0 Å². The van der Waals surface area contributed by atoms with Crippen LogP contribution in [0.3, 0.4) is 0 Å². The number of halogens is 1. The second-order valence-corrected chi connectivity index (χ2v) is 1.08. The summed E-state index contributed by atoms with van der Waals surface area (Å²) in [7, 11) is 3.78. The summed E-state index contributed by atoms with van der Waals surface area (Å²) in [6.07, 6.45) is 0. The van der Waals surface area contributed by atoms with E-state index in [2.05, 4.69) is 6.72 Å². The number of hydrogen-bond acceptors (Lipinski definition) is 0. The van der Waals surface area contributed by atoms with Crippen LogP contribution in [-0.4, -0.2) is 25.4 Å². The predicted octanol–water partition coefficient (Wildman–Crippen LogP) is -3.04. The first-order chi connectivity index (χ1) is 1.73. The van der Waals surface area contributed by atoms with Gasteiger partial charge in [0.15, 0.2) is 0 Å². The summed E-state index contributed by atoms with van der Waals surface area (Å²) in [5.41, 5.74) is 0. The normalized spacial score (nSPS) is 5.20. The molecule has 0 amide bonds. The molecule has 0 radical (unpaired) electrons. The maximum absolute atomic E-state index is 3.47. The van der Waals surface area contributed by atoms with Gasteiger partial charge in [-0.3, -0.25) is 0 Å². The molecule has 32 valence electrons. The Morgan fingerprint density at radius 1 is 1.40 bits per heavy atom. The first-order valence-corrected chi connectivity index (χ1v) is 1.21. The van der Waals surface area contributed by atoms with E-state index in [0.29, 0.717) is 0 Å². The van der Waals surface area contributed by atoms with Gasteiger partial charge in [-0.2, -0.15) is 0 Å². The van der Waals surface area contributed by atoms with E-state index < -0.39 is 0 Å². The highest BCUT2D eigenvalue weighted by molar-refractivity contribution is 5.13. The van der Waals surface area contributed by atoms with E-state index in [9.17, 15) is 0 Å². The van der Waals surface area contributed by atoms with Gasteiger partial charge in [0.25, 0.3) is 0 Å². The summed E-state index contributed by atoms with van der Waals surface area (Å²) >= 11 is 0. The van der Waals surface area contributed by atoms with Gasteiger partial charge >= 0.3 is 0 Å². The van der Waals surface area contributed by atoms with Crippen LogP contribution in [0.15, 0.2) is 0 Å². The zero-order chi connectivity index (χ0) is 3.58. The quantitative estimate of drug-likeness (QED) is 0.247. The summed E-state index contributed by atoms with van der Waals surface area (Å²) in [5.74, 6) is 0. The van der Waals surface area contributed by atoms with Crippen molar-refractivity contribution in [1.29, 1.82) is 0 Å². The zero-order valence-electron chi connectivity index (χ0n) is 3.53. The van der Waals surface area contributed by atoms with Crippen molar-refractivity contribution in [3.63, 3.8) is 0 Å². The van der Waals surface area contributed by atoms with Crippen LogP contribution in [0.2, 0.25) is 0 Å². The van der Waals surface area contributed by atoms with Gasteiger partial charge in [0, 0.05) is 0 Å². The molecule has 0 unspecified atom stereocenters. The van der Waals surface area contributed by atoms with Crippen LogP contribution in [0.1, 0.15) is 0 Å². The number of rotatable bonds is 0. The standard InChI is InChI=1S/C3H8N.BrH/c1-4(2)3;/h1H2,2-3H3;1H/q+1;/p-1. The molecule has 0 aliphatic heterocycles. The Hall–Kier alpha value is 0.150. The average Bonchev–Trinajstić information content (AvgIpc) is 0.811. The molecule has 2 heteroatoms. The van der Waals surface area contributed by atoms with Crippen molar-refractivity contribution < 1.29 is 21.6 Å². The van der Waals surface area contributed by atoms with Gasteiger partial charge in [-0.05, 0) is 0 Å². The third-order valence-electron chi connectivity index (χ3n) is 0. The fraction of sp³-hybridized carbons (Fsp3) is 0.667. The molecular formula is C3H8BrN. The molecule has 0 bridgehead atoms. The van der Waals surface area contributed by atoms with Crippen molar-refractivity contribution in [2.75, 3.05) is 14.1 Å². The lowest BCUT2D eigenvalue weighted by Gasteiger charge is -1.65. The molecule has 0 rings (SSSR count). The summed E-state index contributed by atoms with van der Waals surface area (Å²) in [6.45, 7) is 3.47. The van der Waals surface area contributed by atoms with Crippen LogP contribution in [0.4, 0.5) is 0 Å². The molecule has 0 aliphatic carbocycles. The van der Waals surface area contributed by atoms with Gasteiger partial charge in [0.2, 0.25) is 0 Å². The minimum absolute atomic E-state index is 0. The van der Waals surface area contributed by atoms with Crippen LogP contribution in [-0.2, 0) is 0 Å². The van der Waals surface area contributed by atoms with Crippen LogP contribution < -0.4 is 17.0 Å². The Bertz CT molecular complexity index is 29.9. The van der Waals surface area contributed by atoms with E-state index in [1.807, 2.05) is 14.1 Å². The molecule has 5 heavy (non-hydrogen) atoms. The maximum atomic E-state index is 3.47. The van der Waals surface area contributed by atoms with Crippen LogP contribution in [0.25, 0.3) is 0 Å². The Balaban J connectivity index is 0. The molecule has 0 aliphatic rings. The average molecular weight is 138 g/mol. The highest BCUT2D eigenvalue weighted by Gasteiger charge is 1.53. The molecule has 0 saturated carbocycles. The van der Waals surface area contributed by atoms with Gasteiger partial charge < -0.3 is 17.0 Å². The van der Waals surface area contributed by atoms with Crippen LogP contribution in [0.5, 0.6) is 0 Å². The second-order valence-electron chi connectivity index (χ2n) is 1.08. The van der Waals surface area contributed by atoms with Gasteiger partial charge in [0.1, 0.15) is 20.8 Å². The monoisotopic (exact) mass is 137 g/mol. The van der Waals surface area contributed by atoms with Crippen molar-refractivity contribution in [2.24, 2.45) is 0 Å². The molecule has 0 saturated heterocycles. The van der Waals surface area contributed by atoms with E-state index in [4.69, 9.17) is 0 Å². The topological polar surface area (TPSA) is 3.01 Å². The van der Waals surface area contributed by atoms with E-state index in [1.54, 1.807) is 4.58 Å². The molecule has 0 N–H and O–H groups in total. The number of hydrogen-bond donors (Lipinski definition) is 0. The first-order valence-electron chi connectivity index (χ1n) is 1.21. The summed E-state index contributed by atoms with van der Waals surface area (Å²) in [5, 5.41) is 0. The van der Waals surface area contributed by atoms with E-state index in [1.165, 1.54) is 0 Å². The molecule has 0 aromatic rings. The Morgan fingerprint density at radius 2 is 1.40 bits per heavy atom. The van der Waals surface area contributed by atoms with E-state index in [0.717, 1.165) is 0 Å². The molecule has 0 aromatic carbocycles. The van der Waals surface area contributed by atoms with Gasteiger partial charge in [-0.25, -0.2) is 4.58 Å². The van der Waals surface area contributed by atoms with Crippen molar-refractivity contribution in [3.8, 4) is 0 Å². The third-order valence-corrected chi connectivity index (χ3v) is 0. The summed E-state index contributed by atoms with van der Waals surface area (Å²) < 4.78 is 1.75. The largest absolute Gasteiger partial charge is 1.00 e. The van der Waals surface area contributed by atoms with Crippen molar-refractivity contribution in [1.82, 2.24) is 0 Å². The third kappa shape index (κ3) is 853. The molecule has 0 fully saturated rings. The lowest BCUT2D eigenvalue weighted by molar-refractivity contribution is -0.454. The minimum Gasteiger partial charge on any atom is -1.00 e. The number of nitrogens with zero attached hydrogens (tertiary/aromatic N) is 1. The highest BCUT2D eigenvalue weighted by atomic mass is 79.9. The molecule has 1 nitrogen and oxygen atoms in total. The van der Waals surface area contributed by atoms with Crippen molar-refractivity contribution in [3.05, 3.63) is 0 Å².